The summed E-state index contributed by atoms with van der Waals surface area (Å²) in [5.41, 5.74) is 4.56. The molecule has 0 spiro atoms. The summed E-state index contributed by atoms with van der Waals surface area (Å²) in [6.45, 7) is 0.813. The van der Waals surface area contributed by atoms with Gasteiger partial charge in [-0.25, -0.2) is 0 Å². The number of hydrogen-bond donors (Lipinski definition) is 2. The van der Waals surface area contributed by atoms with E-state index in [1.807, 2.05) is 19.0 Å². The highest BCUT2D eigenvalue weighted by Gasteiger charge is 1.98. The number of anilines is 2. The zero-order valence-corrected chi connectivity index (χ0v) is 12.6. The molecular formula is C18H22N2O. The first kappa shape index (κ1) is 15.1. The second-order valence-corrected chi connectivity index (χ2v) is 4.94. The summed E-state index contributed by atoms with van der Waals surface area (Å²) in [5.74, 6) is 0. The van der Waals surface area contributed by atoms with E-state index in [1.54, 1.807) is 0 Å². The van der Waals surface area contributed by atoms with E-state index in [4.69, 9.17) is 5.11 Å². The third kappa shape index (κ3) is 4.36. The van der Waals surface area contributed by atoms with E-state index >= 15 is 0 Å². The summed E-state index contributed by atoms with van der Waals surface area (Å²) in [6.07, 6.45) is 4.20. The van der Waals surface area contributed by atoms with Gasteiger partial charge >= 0.3 is 0 Å². The van der Waals surface area contributed by atoms with Crippen LogP contribution in [0, 0.1) is 0 Å². The van der Waals surface area contributed by atoms with Crippen LogP contribution in [-0.2, 0) is 0 Å². The van der Waals surface area contributed by atoms with Crippen molar-refractivity contribution in [2.75, 3.05) is 37.5 Å². The molecular weight excluding hydrogens is 260 g/mol. The molecule has 2 rings (SSSR count). The zero-order chi connectivity index (χ0) is 15.1. The van der Waals surface area contributed by atoms with Gasteiger partial charge in [-0.2, -0.15) is 0 Å². The average Bonchev–Trinajstić information content (AvgIpc) is 2.54. The minimum Gasteiger partial charge on any atom is -0.395 e. The van der Waals surface area contributed by atoms with Gasteiger partial charge < -0.3 is 15.3 Å². The van der Waals surface area contributed by atoms with Gasteiger partial charge in [0, 0.05) is 32.0 Å². The van der Waals surface area contributed by atoms with Gasteiger partial charge in [-0.3, -0.25) is 0 Å². The zero-order valence-electron chi connectivity index (χ0n) is 12.6. The molecule has 110 valence electrons. The number of nitrogens with one attached hydrogen (secondary N) is 1. The highest BCUT2D eigenvalue weighted by Crippen LogP contribution is 2.16. The lowest BCUT2D eigenvalue weighted by Crippen LogP contribution is -2.20. The lowest BCUT2D eigenvalue weighted by Gasteiger charge is -2.17. The maximum Gasteiger partial charge on any atom is 0.0606 e. The molecule has 3 heteroatoms. The number of aliphatic hydroxyl groups excluding tert-OH is 1. The summed E-state index contributed by atoms with van der Waals surface area (Å²) < 4.78 is 0. The Balaban J connectivity index is 2.03. The first-order valence-electron chi connectivity index (χ1n) is 7.11. The molecule has 21 heavy (non-hydrogen) atoms. The summed E-state index contributed by atoms with van der Waals surface area (Å²) in [7, 11) is 3.89. The Morgan fingerprint density at radius 1 is 0.952 bits per heavy atom. The highest BCUT2D eigenvalue weighted by molar-refractivity contribution is 5.71. The Labute approximate surface area is 126 Å². The molecule has 0 atom stereocenters. The Morgan fingerprint density at radius 2 is 1.48 bits per heavy atom. The maximum absolute atomic E-state index is 8.94. The molecule has 0 heterocycles. The predicted octanol–water partition coefficient (Wildman–Crippen LogP) is 3.33. The topological polar surface area (TPSA) is 35.5 Å². The second-order valence-electron chi connectivity index (χ2n) is 4.94. The largest absolute Gasteiger partial charge is 0.395 e. The van der Waals surface area contributed by atoms with Gasteiger partial charge in [0.1, 0.15) is 0 Å². The first-order valence-corrected chi connectivity index (χ1v) is 7.11. The molecule has 0 saturated heterocycles. The monoisotopic (exact) mass is 282 g/mol. The highest BCUT2D eigenvalue weighted by atomic mass is 16.3. The van der Waals surface area contributed by atoms with Crippen molar-refractivity contribution in [2.24, 2.45) is 0 Å². The van der Waals surface area contributed by atoms with Gasteiger partial charge in [-0.15, -0.1) is 0 Å². The summed E-state index contributed by atoms with van der Waals surface area (Å²) in [5, 5.41) is 12.1. The van der Waals surface area contributed by atoms with Crippen molar-refractivity contribution in [3.8, 4) is 0 Å². The molecule has 0 amide bonds. The Hall–Kier alpha value is -2.26. The standard InChI is InChI=1S/C18H22N2O/c1-19-17-9-5-15(6-10-17)3-4-16-7-11-18(12-8-16)20(2)13-14-21/h3-12,19,21H,13-14H2,1-2H3/b4-3+. The fraction of sp³-hybridized carbons (Fsp3) is 0.222. The van der Waals surface area contributed by atoms with Gasteiger partial charge in [0.2, 0.25) is 0 Å². The predicted molar refractivity (Wildman–Crippen MR) is 91.7 cm³/mol. The van der Waals surface area contributed by atoms with E-state index in [0.29, 0.717) is 6.54 Å². The van der Waals surface area contributed by atoms with Crippen LogP contribution in [0.1, 0.15) is 11.1 Å². The molecule has 2 aromatic rings. The molecule has 0 unspecified atom stereocenters. The minimum absolute atomic E-state index is 0.167. The number of rotatable bonds is 6. The van der Waals surface area contributed by atoms with Crippen molar-refractivity contribution in [1.82, 2.24) is 0 Å². The molecule has 0 aliphatic rings. The molecule has 0 fully saturated rings. The smallest absolute Gasteiger partial charge is 0.0606 e. The third-order valence-corrected chi connectivity index (χ3v) is 3.44. The number of nitrogens with zero attached hydrogens (tertiary/aromatic N) is 1. The maximum atomic E-state index is 8.94. The van der Waals surface area contributed by atoms with Gasteiger partial charge in [-0.05, 0) is 35.4 Å². The quantitative estimate of drug-likeness (QED) is 0.798. The molecule has 0 aliphatic heterocycles. The van der Waals surface area contributed by atoms with Crippen LogP contribution in [0.15, 0.2) is 48.5 Å². The molecule has 0 aliphatic carbocycles. The lowest BCUT2D eigenvalue weighted by molar-refractivity contribution is 0.304. The van der Waals surface area contributed by atoms with Crippen molar-refractivity contribution in [2.45, 2.75) is 0 Å². The van der Waals surface area contributed by atoms with Crippen LogP contribution in [0.3, 0.4) is 0 Å². The van der Waals surface area contributed by atoms with Crippen LogP contribution < -0.4 is 10.2 Å². The summed E-state index contributed by atoms with van der Waals surface area (Å²) >= 11 is 0. The van der Waals surface area contributed by atoms with E-state index in [1.165, 1.54) is 5.56 Å². The van der Waals surface area contributed by atoms with Crippen molar-refractivity contribution in [3.63, 3.8) is 0 Å². The van der Waals surface area contributed by atoms with E-state index in [-0.39, 0.29) is 6.61 Å². The molecule has 0 radical (unpaired) electrons. The van der Waals surface area contributed by atoms with Gasteiger partial charge in [-0.1, -0.05) is 36.4 Å². The fourth-order valence-corrected chi connectivity index (χ4v) is 2.07. The lowest BCUT2D eigenvalue weighted by atomic mass is 10.1. The SMILES string of the molecule is CNc1ccc(/C=C/c2ccc(N(C)CCO)cc2)cc1. The van der Waals surface area contributed by atoms with Crippen LogP contribution in [0.5, 0.6) is 0 Å². The Bertz CT molecular complexity index is 573. The van der Waals surface area contributed by atoms with Crippen LogP contribution in [0.2, 0.25) is 0 Å². The van der Waals surface area contributed by atoms with Crippen LogP contribution in [0.25, 0.3) is 12.2 Å². The fourth-order valence-electron chi connectivity index (χ4n) is 2.07. The molecule has 0 bridgehead atoms. The van der Waals surface area contributed by atoms with Crippen LogP contribution in [-0.4, -0.2) is 32.4 Å². The van der Waals surface area contributed by atoms with Crippen LogP contribution in [0.4, 0.5) is 11.4 Å². The van der Waals surface area contributed by atoms with E-state index in [2.05, 4.69) is 66.0 Å². The van der Waals surface area contributed by atoms with Crippen molar-refractivity contribution < 1.29 is 5.11 Å². The number of benzene rings is 2. The molecule has 2 N–H and O–H groups in total. The third-order valence-electron chi connectivity index (χ3n) is 3.44. The Kier molecular flexibility index (Phi) is 5.41. The minimum atomic E-state index is 0.167. The van der Waals surface area contributed by atoms with Gasteiger partial charge in [0.25, 0.3) is 0 Å². The van der Waals surface area contributed by atoms with Gasteiger partial charge in [0.05, 0.1) is 6.61 Å². The molecule has 0 saturated carbocycles. The number of aliphatic hydroxyl groups is 1. The van der Waals surface area contributed by atoms with E-state index in [0.717, 1.165) is 16.9 Å². The van der Waals surface area contributed by atoms with Crippen molar-refractivity contribution in [1.29, 1.82) is 0 Å². The van der Waals surface area contributed by atoms with Crippen molar-refractivity contribution >= 4 is 23.5 Å². The molecule has 3 nitrogen and oxygen atoms in total. The second kappa shape index (κ2) is 7.50. The molecule has 0 aromatic heterocycles. The van der Waals surface area contributed by atoms with Gasteiger partial charge in [0.15, 0.2) is 0 Å². The van der Waals surface area contributed by atoms with Crippen LogP contribution >= 0.6 is 0 Å². The van der Waals surface area contributed by atoms with Crippen molar-refractivity contribution in [3.05, 3.63) is 59.7 Å². The number of hydrogen-bond acceptors (Lipinski definition) is 3. The van der Waals surface area contributed by atoms with E-state index in [9.17, 15) is 0 Å². The normalized spacial score (nSPS) is 10.8. The first-order chi connectivity index (χ1) is 10.2. The van der Waals surface area contributed by atoms with E-state index < -0.39 is 0 Å². The average molecular weight is 282 g/mol. The summed E-state index contributed by atoms with van der Waals surface area (Å²) in [4.78, 5) is 2.03. The molecule has 2 aromatic carbocycles. The summed E-state index contributed by atoms with van der Waals surface area (Å²) in [6, 6.07) is 16.6. The number of likely N-dealkylation sites (N-methyl/N-ethyl adjacent to an activating group) is 1. The Morgan fingerprint density at radius 3 is 1.95 bits per heavy atom.